The van der Waals surface area contributed by atoms with Crippen LogP contribution in [-0.4, -0.2) is 31.1 Å². The van der Waals surface area contributed by atoms with E-state index in [2.05, 4.69) is 10.6 Å². The number of rotatable bonds is 5. The number of halogens is 1. The van der Waals surface area contributed by atoms with E-state index in [0.29, 0.717) is 42.0 Å². The smallest absolute Gasteiger partial charge is 0.270 e. The molecule has 8 nitrogen and oxygen atoms in total. The normalized spacial score (nSPS) is 12.4. The van der Waals surface area contributed by atoms with Crippen LogP contribution in [0.2, 0.25) is 5.02 Å². The first kappa shape index (κ1) is 17.8. The van der Waals surface area contributed by atoms with Crippen molar-refractivity contribution in [2.24, 2.45) is 0 Å². The molecule has 1 aliphatic rings. The number of nitro benzene ring substituents is 1. The van der Waals surface area contributed by atoms with Gasteiger partial charge in [-0.15, -0.1) is 0 Å². The first-order valence-electron chi connectivity index (χ1n) is 7.82. The van der Waals surface area contributed by atoms with Crippen molar-refractivity contribution in [2.45, 2.75) is 6.54 Å². The Labute approximate surface area is 154 Å². The summed E-state index contributed by atoms with van der Waals surface area (Å²) in [7, 11) is 1.46. The van der Waals surface area contributed by atoms with Gasteiger partial charge in [-0.2, -0.15) is 0 Å². The van der Waals surface area contributed by atoms with Crippen molar-refractivity contribution in [2.75, 3.05) is 25.6 Å². The average molecular weight is 378 g/mol. The number of carbonyl (C=O) groups is 1. The van der Waals surface area contributed by atoms with E-state index < -0.39 is 10.8 Å². The largest absolute Gasteiger partial charge is 0.486 e. The molecule has 9 heteroatoms. The van der Waals surface area contributed by atoms with Gasteiger partial charge >= 0.3 is 0 Å². The molecule has 136 valence electrons. The summed E-state index contributed by atoms with van der Waals surface area (Å²) in [5.41, 5.74) is 1.32. The molecular weight excluding hydrogens is 362 g/mol. The first-order valence-corrected chi connectivity index (χ1v) is 8.20. The van der Waals surface area contributed by atoms with Crippen molar-refractivity contribution in [3.63, 3.8) is 0 Å². The third kappa shape index (κ3) is 3.65. The molecule has 2 aromatic carbocycles. The van der Waals surface area contributed by atoms with Gasteiger partial charge < -0.3 is 20.1 Å². The van der Waals surface area contributed by atoms with Crippen LogP contribution in [0.1, 0.15) is 15.9 Å². The number of benzene rings is 2. The number of hydrogen-bond acceptors (Lipinski definition) is 6. The molecule has 2 aromatic rings. The molecule has 0 saturated carbocycles. The Morgan fingerprint density at radius 2 is 2.04 bits per heavy atom. The molecule has 3 rings (SSSR count). The van der Waals surface area contributed by atoms with Crippen molar-refractivity contribution < 1.29 is 19.2 Å². The highest BCUT2D eigenvalue weighted by atomic mass is 35.5. The predicted molar refractivity (Wildman–Crippen MR) is 96.3 cm³/mol. The van der Waals surface area contributed by atoms with Gasteiger partial charge in [-0.1, -0.05) is 11.6 Å². The molecule has 2 N–H and O–H groups in total. The van der Waals surface area contributed by atoms with Crippen LogP contribution in [0.25, 0.3) is 0 Å². The molecule has 1 heterocycles. The summed E-state index contributed by atoms with van der Waals surface area (Å²) in [5, 5.41) is 17.0. The van der Waals surface area contributed by atoms with Gasteiger partial charge in [-0.3, -0.25) is 14.9 Å². The molecule has 0 fully saturated rings. The highest BCUT2D eigenvalue weighted by Crippen LogP contribution is 2.38. The molecule has 0 atom stereocenters. The van der Waals surface area contributed by atoms with E-state index in [1.54, 1.807) is 12.1 Å². The van der Waals surface area contributed by atoms with Crippen molar-refractivity contribution >= 4 is 28.9 Å². The molecule has 26 heavy (non-hydrogen) atoms. The number of nitrogens with zero attached hydrogens (tertiary/aromatic N) is 1. The van der Waals surface area contributed by atoms with Gasteiger partial charge in [0.2, 0.25) is 0 Å². The Kier molecular flexibility index (Phi) is 5.13. The Hall–Kier alpha value is -3.00. The number of fused-ring (bicyclic) bond motifs is 1. The van der Waals surface area contributed by atoms with Crippen molar-refractivity contribution in [3.8, 4) is 11.5 Å². The van der Waals surface area contributed by atoms with Gasteiger partial charge in [0.15, 0.2) is 11.5 Å². The molecule has 0 aliphatic carbocycles. The maximum absolute atomic E-state index is 12.0. The summed E-state index contributed by atoms with van der Waals surface area (Å²) in [4.78, 5) is 22.4. The molecule has 1 amide bonds. The monoisotopic (exact) mass is 377 g/mol. The Morgan fingerprint density at radius 3 is 2.77 bits per heavy atom. The number of non-ortho nitro benzene ring substituents is 1. The SMILES string of the molecule is CNC(=O)c1cc([N+](=O)[O-])ccc1NCc1cc(Cl)c2c(c1)OCCO2. The third-order valence-corrected chi connectivity index (χ3v) is 4.11. The van der Waals surface area contributed by atoms with E-state index in [4.69, 9.17) is 21.1 Å². The van der Waals surface area contributed by atoms with Crippen LogP contribution in [-0.2, 0) is 6.54 Å². The van der Waals surface area contributed by atoms with Crippen molar-refractivity contribution in [1.29, 1.82) is 0 Å². The lowest BCUT2D eigenvalue weighted by molar-refractivity contribution is -0.384. The summed E-state index contributed by atoms with van der Waals surface area (Å²) in [6, 6.07) is 7.62. The minimum Gasteiger partial charge on any atom is -0.486 e. The summed E-state index contributed by atoms with van der Waals surface area (Å²) < 4.78 is 11.0. The molecule has 0 bridgehead atoms. The van der Waals surface area contributed by atoms with Gasteiger partial charge in [0.05, 0.1) is 15.5 Å². The lowest BCUT2D eigenvalue weighted by Gasteiger charge is -2.20. The second kappa shape index (κ2) is 7.49. The number of carbonyl (C=O) groups excluding carboxylic acids is 1. The zero-order chi connectivity index (χ0) is 18.7. The maximum Gasteiger partial charge on any atom is 0.270 e. The number of ether oxygens (including phenoxy) is 2. The lowest BCUT2D eigenvalue weighted by Crippen LogP contribution is -2.20. The average Bonchev–Trinajstić information content (AvgIpc) is 2.65. The van der Waals surface area contributed by atoms with Crippen LogP contribution in [0.3, 0.4) is 0 Å². The van der Waals surface area contributed by atoms with Crippen LogP contribution in [0.5, 0.6) is 11.5 Å². The lowest BCUT2D eigenvalue weighted by atomic mass is 10.1. The number of anilines is 1. The maximum atomic E-state index is 12.0. The van der Waals surface area contributed by atoms with Crippen molar-refractivity contribution in [3.05, 3.63) is 56.6 Å². The Morgan fingerprint density at radius 1 is 1.27 bits per heavy atom. The second-order valence-corrected chi connectivity index (χ2v) is 5.93. The van der Waals surface area contributed by atoms with E-state index in [9.17, 15) is 14.9 Å². The Bertz CT molecular complexity index is 872. The van der Waals surface area contributed by atoms with Gasteiger partial charge in [0, 0.05) is 31.4 Å². The quantitative estimate of drug-likeness (QED) is 0.613. The van der Waals surface area contributed by atoms with E-state index in [-0.39, 0.29) is 11.3 Å². The Balaban J connectivity index is 1.84. The van der Waals surface area contributed by atoms with E-state index in [1.807, 2.05) is 0 Å². The van der Waals surface area contributed by atoms with Gasteiger partial charge in [0.25, 0.3) is 11.6 Å². The fraction of sp³-hybridized carbons (Fsp3) is 0.235. The number of nitrogens with one attached hydrogen (secondary N) is 2. The fourth-order valence-corrected chi connectivity index (χ4v) is 2.87. The number of hydrogen-bond donors (Lipinski definition) is 2. The topological polar surface area (TPSA) is 103 Å². The highest BCUT2D eigenvalue weighted by Gasteiger charge is 2.18. The van der Waals surface area contributed by atoms with Crippen LogP contribution in [0.4, 0.5) is 11.4 Å². The van der Waals surface area contributed by atoms with Crippen LogP contribution < -0.4 is 20.1 Å². The molecule has 0 saturated heterocycles. The van der Waals surface area contributed by atoms with Crippen LogP contribution >= 0.6 is 11.6 Å². The van der Waals surface area contributed by atoms with E-state index in [0.717, 1.165) is 5.56 Å². The zero-order valence-electron chi connectivity index (χ0n) is 13.9. The molecule has 0 unspecified atom stereocenters. The van der Waals surface area contributed by atoms with Gasteiger partial charge in [0.1, 0.15) is 13.2 Å². The fourth-order valence-electron chi connectivity index (χ4n) is 2.59. The standard InChI is InChI=1S/C17H16ClN3O5/c1-19-17(22)12-8-11(21(23)24)2-3-14(12)20-9-10-6-13(18)16-15(7-10)25-4-5-26-16/h2-3,6-8,20H,4-5,9H2,1H3,(H,19,22). The number of amides is 1. The minimum atomic E-state index is -0.545. The molecule has 1 aliphatic heterocycles. The molecule has 0 radical (unpaired) electrons. The highest BCUT2D eigenvalue weighted by molar-refractivity contribution is 6.32. The number of nitro groups is 1. The summed E-state index contributed by atoms with van der Waals surface area (Å²) in [6.07, 6.45) is 0. The molecular formula is C17H16ClN3O5. The van der Waals surface area contributed by atoms with Crippen LogP contribution in [0, 0.1) is 10.1 Å². The van der Waals surface area contributed by atoms with Crippen molar-refractivity contribution in [1.82, 2.24) is 5.32 Å². The van der Waals surface area contributed by atoms with E-state index >= 15 is 0 Å². The summed E-state index contributed by atoms with van der Waals surface area (Å²) >= 11 is 6.22. The summed E-state index contributed by atoms with van der Waals surface area (Å²) in [5.74, 6) is 0.662. The minimum absolute atomic E-state index is 0.156. The van der Waals surface area contributed by atoms with E-state index in [1.165, 1.54) is 25.2 Å². The second-order valence-electron chi connectivity index (χ2n) is 5.52. The molecule has 0 aromatic heterocycles. The van der Waals surface area contributed by atoms with Gasteiger partial charge in [-0.05, 0) is 23.8 Å². The third-order valence-electron chi connectivity index (χ3n) is 3.83. The zero-order valence-corrected chi connectivity index (χ0v) is 14.6. The summed E-state index contributed by atoms with van der Waals surface area (Å²) in [6.45, 7) is 1.24. The van der Waals surface area contributed by atoms with Crippen LogP contribution in [0.15, 0.2) is 30.3 Å². The first-order chi connectivity index (χ1) is 12.5. The predicted octanol–water partition coefficient (Wildman–Crippen LogP) is 2.99. The van der Waals surface area contributed by atoms with Gasteiger partial charge in [-0.25, -0.2) is 0 Å². The molecule has 0 spiro atoms.